The summed E-state index contributed by atoms with van der Waals surface area (Å²) in [5.74, 6) is 1.38. The fourth-order valence-electron chi connectivity index (χ4n) is 1.65. The molecule has 0 unspecified atom stereocenters. The number of benzene rings is 2. The van der Waals surface area contributed by atoms with E-state index in [4.69, 9.17) is 25.7 Å². The molecule has 0 amide bonds. The highest BCUT2D eigenvalue weighted by Gasteiger charge is 2.06. The van der Waals surface area contributed by atoms with Crippen LogP contribution in [0.1, 0.15) is 11.1 Å². The Labute approximate surface area is 116 Å². The fraction of sp³-hybridized carbons (Fsp3) is 0.0667. The molecule has 0 aliphatic heterocycles. The summed E-state index contributed by atoms with van der Waals surface area (Å²) in [5.41, 5.74) is 7.05. The van der Waals surface area contributed by atoms with Crippen LogP contribution >= 0.6 is 0 Å². The van der Waals surface area contributed by atoms with Crippen LogP contribution in [-0.2, 0) is 0 Å². The molecule has 0 saturated carbocycles. The quantitative estimate of drug-likeness (QED) is 0.861. The normalized spacial score (nSPS) is 9.35. The minimum absolute atomic E-state index is 0.352. The van der Waals surface area contributed by atoms with Gasteiger partial charge in [-0.1, -0.05) is 0 Å². The highest BCUT2D eigenvalue weighted by molar-refractivity contribution is 5.58. The largest absolute Gasteiger partial charge is 0.497 e. The third-order valence-corrected chi connectivity index (χ3v) is 2.61. The van der Waals surface area contributed by atoms with E-state index in [0.717, 1.165) is 0 Å². The van der Waals surface area contributed by atoms with Crippen molar-refractivity contribution in [3.63, 3.8) is 0 Å². The molecule has 2 aromatic carbocycles. The van der Waals surface area contributed by atoms with Gasteiger partial charge in [0.25, 0.3) is 0 Å². The lowest BCUT2D eigenvalue weighted by Crippen LogP contribution is -1.94. The summed E-state index contributed by atoms with van der Waals surface area (Å²) in [6.45, 7) is 0. The summed E-state index contributed by atoms with van der Waals surface area (Å²) in [7, 11) is 1.51. The van der Waals surface area contributed by atoms with Gasteiger partial charge in [0.05, 0.1) is 36.1 Å². The molecule has 2 rings (SSSR count). The molecule has 0 atom stereocenters. The second-order valence-electron chi connectivity index (χ2n) is 3.98. The maximum absolute atomic E-state index is 8.95. The Bertz CT molecular complexity index is 727. The highest BCUT2D eigenvalue weighted by atomic mass is 16.5. The first-order valence-corrected chi connectivity index (χ1v) is 5.73. The molecular formula is C15H11N3O2. The number of nitrogens with zero attached hydrogens (tertiary/aromatic N) is 2. The lowest BCUT2D eigenvalue weighted by Gasteiger charge is -2.10. The van der Waals surface area contributed by atoms with Gasteiger partial charge in [0.2, 0.25) is 0 Å². The zero-order chi connectivity index (χ0) is 14.5. The Morgan fingerprint density at radius 2 is 1.65 bits per heavy atom. The molecule has 0 aromatic heterocycles. The summed E-state index contributed by atoms with van der Waals surface area (Å²) in [6.07, 6.45) is 0. The molecule has 0 fully saturated rings. The van der Waals surface area contributed by atoms with E-state index in [0.29, 0.717) is 34.1 Å². The third-order valence-electron chi connectivity index (χ3n) is 2.61. The summed E-state index contributed by atoms with van der Waals surface area (Å²) in [6, 6.07) is 13.6. The van der Waals surface area contributed by atoms with Gasteiger partial charge >= 0.3 is 0 Å². The Morgan fingerprint density at radius 3 is 2.25 bits per heavy atom. The summed E-state index contributed by atoms with van der Waals surface area (Å²) >= 11 is 0. The Hall–Kier alpha value is -3.18. The number of hydrogen-bond donors (Lipinski definition) is 1. The molecule has 0 saturated heterocycles. The van der Waals surface area contributed by atoms with Gasteiger partial charge in [0.1, 0.15) is 17.2 Å². The van der Waals surface area contributed by atoms with Gasteiger partial charge in [-0.05, 0) is 30.3 Å². The first-order valence-electron chi connectivity index (χ1n) is 5.73. The zero-order valence-electron chi connectivity index (χ0n) is 10.8. The molecule has 5 heteroatoms. The molecule has 98 valence electrons. The van der Waals surface area contributed by atoms with Crippen LogP contribution in [0.3, 0.4) is 0 Å². The van der Waals surface area contributed by atoms with Gasteiger partial charge in [-0.3, -0.25) is 0 Å². The van der Waals surface area contributed by atoms with Crippen LogP contribution < -0.4 is 15.2 Å². The van der Waals surface area contributed by atoms with Crippen molar-refractivity contribution in [3.05, 3.63) is 47.5 Å². The maximum Gasteiger partial charge on any atom is 0.150 e. The van der Waals surface area contributed by atoms with Crippen LogP contribution in [0, 0.1) is 22.7 Å². The number of ether oxygens (including phenoxy) is 2. The van der Waals surface area contributed by atoms with Gasteiger partial charge in [0, 0.05) is 6.07 Å². The summed E-state index contributed by atoms with van der Waals surface area (Å²) in [5, 5.41) is 17.7. The number of nitriles is 2. The monoisotopic (exact) mass is 265 g/mol. The average Bonchev–Trinajstić information content (AvgIpc) is 2.48. The molecule has 20 heavy (non-hydrogen) atoms. The number of nitrogens with two attached hydrogens (primary N) is 1. The van der Waals surface area contributed by atoms with Gasteiger partial charge in [-0.15, -0.1) is 0 Å². The van der Waals surface area contributed by atoms with Crippen LogP contribution in [-0.4, -0.2) is 7.11 Å². The smallest absolute Gasteiger partial charge is 0.150 e. The van der Waals surface area contributed by atoms with Gasteiger partial charge in [0.15, 0.2) is 0 Å². The third kappa shape index (κ3) is 2.80. The van der Waals surface area contributed by atoms with Crippen LogP contribution in [0.4, 0.5) is 5.69 Å². The van der Waals surface area contributed by atoms with Gasteiger partial charge in [-0.25, -0.2) is 0 Å². The molecule has 0 spiro atoms. The van der Waals surface area contributed by atoms with E-state index in [1.54, 1.807) is 30.3 Å². The van der Waals surface area contributed by atoms with Crippen molar-refractivity contribution in [2.24, 2.45) is 0 Å². The maximum atomic E-state index is 8.95. The second-order valence-corrected chi connectivity index (χ2v) is 3.98. The van der Waals surface area contributed by atoms with Crippen LogP contribution in [0.2, 0.25) is 0 Å². The number of hydrogen-bond acceptors (Lipinski definition) is 5. The number of methoxy groups -OCH3 is 1. The van der Waals surface area contributed by atoms with Crippen molar-refractivity contribution < 1.29 is 9.47 Å². The highest BCUT2D eigenvalue weighted by Crippen LogP contribution is 2.31. The topological polar surface area (TPSA) is 92.1 Å². The standard InChI is InChI=1S/C15H11N3O2/c1-19-12-4-11(9-17)5-13(7-12)20-15-3-2-10(8-16)6-14(15)18/h2-7H,18H2,1H3. The molecule has 5 nitrogen and oxygen atoms in total. The van der Waals surface area contributed by atoms with Crippen molar-refractivity contribution in [1.82, 2.24) is 0 Å². The first-order chi connectivity index (χ1) is 9.66. The van der Waals surface area contributed by atoms with E-state index in [1.165, 1.54) is 13.2 Å². The van der Waals surface area contributed by atoms with E-state index in [2.05, 4.69) is 0 Å². The number of nitrogen functional groups attached to an aromatic ring is 1. The number of rotatable bonds is 3. The predicted octanol–water partition coefficient (Wildman–Crippen LogP) is 2.81. The number of anilines is 1. The lowest BCUT2D eigenvalue weighted by molar-refractivity contribution is 0.409. The minimum atomic E-state index is 0.352. The fourth-order valence-corrected chi connectivity index (χ4v) is 1.65. The molecule has 0 heterocycles. The molecular weight excluding hydrogens is 254 g/mol. The van der Waals surface area contributed by atoms with Crippen LogP contribution in [0.5, 0.6) is 17.2 Å². The zero-order valence-corrected chi connectivity index (χ0v) is 10.8. The predicted molar refractivity (Wildman–Crippen MR) is 73.4 cm³/mol. The summed E-state index contributed by atoms with van der Waals surface area (Å²) < 4.78 is 10.7. The van der Waals surface area contributed by atoms with E-state index < -0.39 is 0 Å². The van der Waals surface area contributed by atoms with Gasteiger partial charge < -0.3 is 15.2 Å². The van der Waals surface area contributed by atoms with Crippen molar-refractivity contribution in [2.75, 3.05) is 12.8 Å². The second kappa shape index (κ2) is 5.64. The average molecular weight is 265 g/mol. The molecule has 0 aliphatic rings. The van der Waals surface area contributed by atoms with Crippen molar-refractivity contribution in [2.45, 2.75) is 0 Å². The molecule has 0 aliphatic carbocycles. The van der Waals surface area contributed by atoms with Crippen molar-refractivity contribution in [3.8, 4) is 29.4 Å². The molecule has 2 N–H and O–H groups in total. The first kappa shape index (κ1) is 13.3. The molecule has 2 aromatic rings. The van der Waals surface area contributed by atoms with E-state index >= 15 is 0 Å². The Balaban J connectivity index is 2.35. The van der Waals surface area contributed by atoms with Crippen LogP contribution in [0.15, 0.2) is 36.4 Å². The minimum Gasteiger partial charge on any atom is -0.497 e. The molecule has 0 bridgehead atoms. The molecule has 0 radical (unpaired) electrons. The Morgan fingerprint density at radius 1 is 0.950 bits per heavy atom. The van der Waals surface area contributed by atoms with E-state index in [9.17, 15) is 0 Å². The van der Waals surface area contributed by atoms with Crippen molar-refractivity contribution >= 4 is 5.69 Å². The van der Waals surface area contributed by atoms with Gasteiger partial charge in [-0.2, -0.15) is 10.5 Å². The van der Waals surface area contributed by atoms with Crippen LogP contribution in [0.25, 0.3) is 0 Å². The Kier molecular flexibility index (Phi) is 3.74. The lowest BCUT2D eigenvalue weighted by atomic mass is 10.2. The van der Waals surface area contributed by atoms with E-state index in [1.807, 2.05) is 12.1 Å². The van der Waals surface area contributed by atoms with E-state index in [-0.39, 0.29) is 0 Å². The SMILES string of the molecule is COc1cc(C#N)cc(Oc2ccc(C#N)cc2N)c1. The van der Waals surface area contributed by atoms with Crippen molar-refractivity contribution in [1.29, 1.82) is 10.5 Å². The summed E-state index contributed by atoms with van der Waals surface area (Å²) in [4.78, 5) is 0.